The van der Waals surface area contributed by atoms with Crippen molar-refractivity contribution in [3.05, 3.63) is 35.6 Å². The van der Waals surface area contributed by atoms with Gasteiger partial charge in [-0.2, -0.15) is 0 Å². The number of hydrogen-bond acceptors (Lipinski definition) is 3. The zero-order chi connectivity index (χ0) is 16.7. The molecule has 0 bridgehead atoms. The van der Waals surface area contributed by atoms with Gasteiger partial charge in [0, 0.05) is 19.6 Å². The van der Waals surface area contributed by atoms with Crippen LogP contribution in [-0.2, 0) is 6.54 Å². The number of likely N-dealkylation sites (N-methyl/N-ethyl adjacent to an activating group) is 1. The Hall–Kier alpha value is -1.66. The third kappa shape index (κ3) is 6.15. The number of nitrogens with one attached hydrogen (secondary N) is 2. The van der Waals surface area contributed by atoms with Crippen molar-refractivity contribution in [2.75, 3.05) is 20.1 Å². The van der Waals surface area contributed by atoms with Crippen LogP contribution in [0.5, 0.6) is 0 Å². The number of aliphatic hydroxyl groups excluding tert-OH is 1. The first kappa shape index (κ1) is 17.7. The zero-order valence-electron chi connectivity index (χ0n) is 13.6. The van der Waals surface area contributed by atoms with Crippen molar-refractivity contribution in [2.24, 2.45) is 0 Å². The van der Waals surface area contributed by atoms with E-state index in [4.69, 9.17) is 0 Å². The first-order chi connectivity index (χ1) is 11.0. The molecule has 2 rings (SSSR count). The van der Waals surface area contributed by atoms with E-state index < -0.39 is 6.10 Å². The summed E-state index contributed by atoms with van der Waals surface area (Å²) in [6.07, 6.45) is 3.22. The molecule has 1 fully saturated rings. The van der Waals surface area contributed by atoms with E-state index >= 15 is 0 Å². The van der Waals surface area contributed by atoms with Crippen molar-refractivity contribution in [1.82, 2.24) is 15.5 Å². The lowest BCUT2D eigenvalue weighted by atomic mass is 9.93. The standard InChI is InChI=1S/C17H26FN3O2/c1-21(12-13-6-8-14(18)9-7-13)11-10-19-17(23)20-15-4-2-3-5-16(15)22/h6-9,15-16,22H,2-5,10-12H2,1H3,(H2,19,20,23)/t15-,16-/m1/s1. The van der Waals surface area contributed by atoms with E-state index in [2.05, 4.69) is 15.5 Å². The number of carbonyl (C=O) groups is 1. The van der Waals surface area contributed by atoms with E-state index in [1.54, 1.807) is 12.1 Å². The van der Waals surface area contributed by atoms with Crippen LogP contribution in [0.2, 0.25) is 0 Å². The molecule has 128 valence electrons. The molecule has 2 atom stereocenters. The van der Waals surface area contributed by atoms with Crippen LogP contribution in [0.1, 0.15) is 31.2 Å². The first-order valence-electron chi connectivity index (χ1n) is 8.20. The summed E-state index contributed by atoms with van der Waals surface area (Å²) in [6.45, 7) is 1.91. The molecule has 1 aliphatic rings. The van der Waals surface area contributed by atoms with Gasteiger partial charge in [-0.15, -0.1) is 0 Å². The van der Waals surface area contributed by atoms with Crippen LogP contribution < -0.4 is 10.6 Å². The van der Waals surface area contributed by atoms with E-state index in [0.29, 0.717) is 19.6 Å². The summed E-state index contributed by atoms with van der Waals surface area (Å²) in [5.74, 6) is -0.236. The molecule has 0 aromatic heterocycles. The van der Waals surface area contributed by atoms with Crippen molar-refractivity contribution in [3.8, 4) is 0 Å². The fourth-order valence-corrected chi connectivity index (χ4v) is 2.84. The molecule has 0 saturated heterocycles. The van der Waals surface area contributed by atoms with E-state index in [9.17, 15) is 14.3 Å². The van der Waals surface area contributed by atoms with E-state index in [-0.39, 0.29) is 17.9 Å². The van der Waals surface area contributed by atoms with Crippen molar-refractivity contribution >= 4 is 6.03 Å². The number of aliphatic hydroxyl groups is 1. The molecule has 3 N–H and O–H groups in total. The summed E-state index contributed by atoms with van der Waals surface area (Å²) >= 11 is 0. The second-order valence-electron chi connectivity index (χ2n) is 6.22. The minimum Gasteiger partial charge on any atom is -0.391 e. The van der Waals surface area contributed by atoms with Gasteiger partial charge in [0.05, 0.1) is 12.1 Å². The summed E-state index contributed by atoms with van der Waals surface area (Å²) in [5, 5.41) is 15.5. The van der Waals surface area contributed by atoms with Crippen LogP contribution in [0, 0.1) is 5.82 Å². The third-order valence-corrected chi connectivity index (χ3v) is 4.19. The molecule has 23 heavy (non-hydrogen) atoms. The van der Waals surface area contributed by atoms with Gasteiger partial charge in [-0.25, -0.2) is 9.18 Å². The Balaban J connectivity index is 1.63. The summed E-state index contributed by atoms with van der Waals surface area (Å²) in [4.78, 5) is 13.9. The topological polar surface area (TPSA) is 64.6 Å². The summed E-state index contributed by atoms with van der Waals surface area (Å²) in [6, 6.07) is 6.05. The Morgan fingerprint density at radius 1 is 1.30 bits per heavy atom. The highest BCUT2D eigenvalue weighted by molar-refractivity contribution is 5.74. The van der Waals surface area contributed by atoms with E-state index in [1.165, 1.54) is 12.1 Å². The molecule has 0 unspecified atom stereocenters. The summed E-state index contributed by atoms with van der Waals surface area (Å²) < 4.78 is 12.8. The van der Waals surface area contributed by atoms with Gasteiger partial charge >= 0.3 is 6.03 Å². The largest absolute Gasteiger partial charge is 0.391 e. The number of nitrogens with zero attached hydrogens (tertiary/aromatic N) is 1. The third-order valence-electron chi connectivity index (χ3n) is 4.19. The Bertz CT molecular complexity index is 495. The smallest absolute Gasteiger partial charge is 0.315 e. The molecule has 6 heteroatoms. The van der Waals surface area contributed by atoms with Crippen LogP contribution in [0.15, 0.2) is 24.3 Å². The maximum absolute atomic E-state index is 12.8. The molecule has 0 radical (unpaired) electrons. The minimum absolute atomic E-state index is 0.138. The van der Waals surface area contributed by atoms with Gasteiger partial charge in [-0.05, 0) is 37.6 Å². The Morgan fingerprint density at radius 2 is 2.00 bits per heavy atom. The van der Waals surface area contributed by atoms with Crippen LogP contribution in [0.3, 0.4) is 0 Å². The highest BCUT2D eigenvalue weighted by Crippen LogP contribution is 2.18. The number of amides is 2. The van der Waals surface area contributed by atoms with Crippen LogP contribution in [0.4, 0.5) is 9.18 Å². The maximum atomic E-state index is 12.8. The molecule has 1 aromatic rings. The van der Waals surface area contributed by atoms with Gasteiger partial charge in [-0.3, -0.25) is 0 Å². The molecule has 5 nitrogen and oxygen atoms in total. The zero-order valence-corrected chi connectivity index (χ0v) is 13.6. The molecule has 0 spiro atoms. The van der Waals surface area contributed by atoms with Crippen molar-refractivity contribution in [3.63, 3.8) is 0 Å². The van der Waals surface area contributed by atoms with Crippen LogP contribution >= 0.6 is 0 Å². The Morgan fingerprint density at radius 3 is 2.70 bits per heavy atom. The highest BCUT2D eigenvalue weighted by atomic mass is 19.1. The van der Waals surface area contributed by atoms with Crippen LogP contribution in [-0.4, -0.2) is 48.3 Å². The quantitative estimate of drug-likeness (QED) is 0.749. The second kappa shape index (κ2) is 8.84. The number of rotatable bonds is 6. The monoisotopic (exact) mass is 323 g/mol. The number of urea groups is 1. The van der Waals surface area contributed by atoms with Gasteiger partial charge < -0.3 is 20.6 Å². The maximum Gasteiger partial charge on any atom is 0.315 e. The molecule has 2 amide bonds. The minimum atomic E-state index is -0.435. The first-order valence-corrected chi connectivity index (χ1v) is 8.20. The van der Waals surface area contributed by atoms with Crippen molar-refractivity contribution in [1.29, 1.82) is 0 Å². The molecule has 1 saturated carbocycles. The molecule has 0 aliphatic heterocycles. The van der Waals surface area contributed by atoms with Gasteiger partial charge in [0.2, 0.25) is 0 Å². The molecule has 0 heterocycles. The fraction of sp³-hybridized carbons (Fsp3) is 0.588. The van der Waals surface area contributed by atoms with Crippen LogP contribution in [0.25, 0.3) is 0 Å². The molecule has 1 aromatic carbocycles. The van der Waals surface area contributed by atoms with Crippen molar-refractivity contribution < 1.29 is 14.3 Å². The summed E-state index contributed by atoms with van der Waals surface area (Å²) in [7, 11) is 1.95. The lowest BCUT2D eigenvalue weighted by molar-refractivity contribution is 0.0943. The SMILES string of the molecule is CN(CCNC(=O)N[C@@H]1CCCC[C@H]1O)Cc1ccc(F)cc1. The second-order valence-corrected chi connectivity index (χ2v) is 6.22. The van der Waals surface area contributed by atoms with E-state index in [1.807, 2.05) is 7.05 Å². The lowest BCUT2D eigenvalue weighted by Gasteiger charge is -2.28. The predicted molar refractivity (Wildman–Crippen MR) is 87.5 cm³/mol. The van der Waals surface area contributed by atoms with Gasteiger partial charge in [0.25, 0.3) is 0 Å². The number of halogens is 1. The summed E-state index contributed by atoms with van der Waals surface area (Å²) in [5.41, 5.74) is 1.03. The predicted octanol–water partition coefficient (Wildman–Crippen LogP) is 1.86. The number of hydrogen-bond donors (Lipinski definition) is 3. The molecular weight excluding hydrogens is 297 g/mol. The van der Waals surface area contributed by atoms with E-state index in [0.717, 1.165) is 31.2 Å². The van der Waals surface area contributed by atoms with Gasteiger partial charge in [-0.1, -0.05) is 25.0 Å². The molecular formula is C17H26FN3O2. The molecule has 1 aliphatic carbocycles. The highest BCUT2D eigenvalue weighted by Gasteiger charge is 2.24. The lowest BCUT2D eigenvalue weighted by Crippen LogP contribution is -2.49. The average Bonchev–Trinajstić information content (AvgIpc) is 2.52. The van der Waals surface area contributed by atoms with Crippen molar-refractivity contribution in [2.45, 2.75) is 44.4 Å². The average molecular weight is 323 g/mol. The van der Waals surface area contributed by atoms with Gasteiger partial charge in [0.1, 0.15) is 5.82 Å². The normalized spacial score (nSPS) is 21.2. The number of benzene rings is 1. The number of carbonyl (C=O) groups excluding carboxylic acids is 1. The fourth-order valence-electron chi connectivity index (χ4n) is 2.84. The van der Waals surface area contributed by atoms with Gasteiger partial charge in [0.15, 0.2) is 0 Å². The Labute approximate surface area is 136 Å². The Kier molecular flexibility index (Phi) is 6.80.